The van der Waals surface area contributed by atoms with Crippen LogP contribution in [0.4, 0.5) is 11.4 Å². The quantitative estimate of drug-likeness (QED) is 0.858. The number of amidine groups is 1. The number of aryl methyl sites for hydroxylation is 1. The van der Waals surface area contributed by atoms with Crippen LogP contribution in [0.2, 0.25) is 0 Å². The van der Waals surface area contributed by atoms with Crippen LogP contribution in [-0.2, 0) is 4.79 Å². The molecule has 0 radical (unpaired) electrons. The molecule has 0 aromatic heterocycles. The van der Waals surface area contributed by atoms with Crippen molar-refractivity contribution >= 4 is 23.1 Å². The van der Waals surface area contributed by atoms with Crippen molar-refractivity contribution in [1.82, 2.24) is 5.43 Å². The largest absolute Gasteiger partial charge is 0.483 e. The van der Waals surface area contributed by atoms with Crippen molar-refractivity contribution in [3.63, 3.8) is 0 Å². The van der Waals surface area contributed by atoms with Crippen LogP contribution in [0.1, 0.15) is 31.7 Å². The number of hydrazone groups is 1. The van der Waals surface area contributed by atoms with Gasteiger partial charge in [-0.05, 0) is 50.8 Å². The molecule has 0 saturated heterocycles. The van der Waals surface area contributed by atoms with E-state index < -0.39 is 0 Å². The topological polar surface area (TPSA) is 66.0 Å². The highest BCUT2D eigenvalue weighted by Gasteiger charge is 2.36. The third-order valence-electron chi connectivity index (χ3n) is 5.88. The second-order valence-electron chi connectivity index (χ2n) is 7.84. The van der Waals surface area contributed by atoms with E-state index in [2.05, 4.69) is 59.2 Å². The molecule has 1 aliphatic carbocycles. The van der Waals surface area contributed by atoms with Crippen molar-refractivity contribution in [3.05, 3.63) is 42.0 Å². The molecule has 2 aromatic carbocycles. The van der Waals surface area contributed by atoms with Crippen LogP contribution < -0.4 is 20.4 Å². The first-order valence-electron chi connectivity index (χ1n) is 9.90. The smallest absolute Gasteiger partial charge is 0.262 e. The Morgan fingerprint density at radius 3 is 2.71 bits per heavy atom. The molecule has 2 heterocycles. The number of nitrogens with one attached hydrogen (secondary N) is 2. The SMILES string of the molecule is Cc1ccc(-c2cc3c(cc2NC2CCC2)N2C(=NNC(=O)[C@H]2C)CO3)cc1. The number of rotatable bonds is 3. The number of ether oxygens (including phenoxy) is 1. The molecule has 1 fully saturated rings. The average Bonchev–Trinajstić information content (AvgIpc) is 2.67. The van der Waals surface area contributed by atoms with Crippen LogP contribution in [0.3, 0.4) is 0 Å². The maximum absolute atomic E-state index is 12.2. The number of amides is 1. The fourth-order valence-corrected chi connectivity index (χ4v) is 3.94. The van der Waals surface area contributed by atoms with Gasteiger partial charge in [-0.1, -0.05) is 29.8 Å². The van der Waals surface area contributed by atoms with Crippen molar-refractivity contribution in [2.75, 3.05) is 16.8 Å². The summed E-state index contributed by atoms with van der Waals surface area (Å²) in [5.74, 6) is 1.42. The molecule has 144 valence electrons. The summed E-state index contributed by atoms with van der Waals surface area (Å²) in [6.45, 7) is 4.34. The molecule has 3 aliphatic rings. The predicted octanol–water partition coefficient (Wildman–Crippen LogP) is 3.66. The Bertz CT molecular complexity index is 963. The summed E-state index contributed by atoms with van der Waals surface area (Å²) in [6, 6.07) is 12.9. The molecule has 2 aliphatic heterocycles. The van der Waals surface area contributed by atoms with Crippen LogP contribution in [-0.4, -0.2) is 30.4 Å². The van der Waals surface area contributed by atoms with E-state index in [0.29, 0.717) is 12.6 Å². The van der Waals surface area contributed by atoms with Crippen LogP contribution >= 0.6 is 0 Å². The lowest BCUT2D eigenvalue weighted by Crippen LogP contribution is -2.55. The Morgan fingerprint density at radius 1 is 1.21 bits per heavy atom. The molecular weight excluding hydrogens is 352 g/mol. The van der Waals surface area contributed by atoms with E-state index >= 15 is 0 Å². The van der Waals surface area contributed by atoms with Crippen molar-refractivity contribution in [3.8, 4) is 16.9 Å². The van der Waals surface area contributed by atoms with Crippen LogP contribution in [0.5, 0.6) is 5.75 Å². The summed E-state index contributed by atoms with van der Waals surface area (Å²) in [5.41, 5.74) is 8.07. The van der Waals surface area contributed by atoms with Gasteiger partial charge in [0, 0.05) is 17.3 Å². The van der Waals surface area contributed by atoms with Gasteiger partial charge in [0.05, 0.1) is 5.69 Å². The molecule has 6 heteroatoms. The second-order valence-corrected chi connectivity index (χ2v) is 7.84. The fraction of sp³-hybridized carbons (Fsp3) is 0.364. The molecule has 5 rings (SSSR count). The average molecular weight is 376 g/mol. The first kappa shape index (κ1) is 17.1. The zero-order chi connectivity index (χ0) is 19.3. The summed E-state index contributed by atoms with van der Waals surface area (Å²) in [7, 11) is 0. The lowest BCUT2D eigenvalue weighted by molar-refractivity contribution is -0.122. The lowest BCUT2D eigenvalue weighted by atomic mass is 9.91. The molecule has 28 heavy (non-hydrogen) atoms. The molecule has 1 saturated carbocycles. The summed E-state index contributed by atoms with van der Waals surface area (Å²) >= 11 is 0. The summed E-state index contributed by atoms with van der Waals surface area (Å²) in [4.78, 5) is 14.2. The lowest BCUT2D eigenvalue weighted by Gasteiger charge is -2.39. The van der Waals surface area contributed by atoms with Crippen LogP contribution in [0.25, 0.3) is 11.1 Å². The van der Waals surface area contributed by atoms with Crippen molar-refractivity contribution in [1.29, 1.82) is 0 Å². The molecule has 1 atom stereocenters. The number of nitrogens with zero attached hydrogens (tertiary/aromatic N) is 2. The summed E-state index contributed by atoms with van der Waals surface area (Å²) in [5, 5.41) is 7.90. The zero-order valence-electron chi connectivity index (χ0n) is 16.2. The minimum Gasteiger partial charge on any atom is -0.483 e. The molecule has 0 spiro atoms. The number of carbonyl (C=O) groups excluding carboxylic acids is 1. The first-order chi connectivity index (χ1) is 13.6. The van der Waals surface area contributed by atoms with Gasteiger partial charge in [0.25, 0.3) is 5.91 Å². The van der Waals surface area contributed by atoms with Crippen LogP contribution in [0, 0.1) is 6.92 Å². The minimum absolute atomic E-state index is 0.104. The molecule has 2 aromatic rings. The molecule has 2 N–H and O–H groups in total. The van der Waals surface area contributed by atoms with Gasteiger partial charge in [0.2, 0.25) is 0 Å². The van der Waals surface area contributed by atoms with Gasteiger partial charge in [-0.3, -0.25) is 4.79 Å². The first-order valence-corrected chi connectivity index (χ1v) is 9.90. The van der Waals surface area contributed by atoms with E-state index in [1.54, 1.807) is 0 Å². The second kappa shape index (κ2) is 6.55. The third-order valence-corrected chi connectivity index (χ3v) is 5.88. The number of fused-ring (bicyclic) bond motifs is 3. The zero-order valence-corrected chi connectivity index (χ0v) is 16.2. The number of hydrogen-bond donors (Lipinski definition) is 2. The number of carbonyl (C=O) groups is 1. The van der Waals surface area contributed by atoms with E-state index in [0.717, 1.165) is 34.1 Å². The van der Waals surface area contributed by atoms with E-state index in [-0.39, 0.29) is 11.9 Å². The highest BCUT2D eigenvalue weighted by molar-refractivity contribution is 6.10. The van der Waals surface area contributed by atoms with E-state index in [1.165, 1.54) is 24.8 Å². The van der Waals surface area contributed by atoms with Gasteiger partial charge in [-0.2, -0.15) is 5.10 Å². The van der Waals surface area contributed by atoms with Gasteiger partial charge in [-0.25, -0.2) is 5.43 Å². The number of anilines is 2. The molecule has 0 bridgehead atoms. The highest BCUT2D eigenvalue weighted by atomic mass is 16.5. The molecular formula is C22H24N4O2. The van der Waals surface area contributed by atoms with Crippen LogP contribution in [0.15, 0.2) is 41.5 Å². The monoisotopic (exact) mass is 376 g/mol. The predicted molar refractivity (Wildman–Crippen MR) is 111 cm³/mol. The Morgan fingerprint density at radius 2 is 2.00 bits per heavy atom. The molecule has 0 unspecified atom stereocenters. The maximum Gasteiger partial charge on any atom is 0.262 e. The summed E-state index contributed by atoms with van der Waals surface area (Å²) in [6.07, 6.45) is 3.65. The minimum atomic E-state index is -0.322. The number of benzene rings is 2. The van der Waals surface area contributed by atoms with Crippen molar-refractivity contribution < 1.29 is 9.53 Å². The standard InChI is InChI=1S/C22H24N4O2/c1-13-6-8-15(9-7-13)17-10-20-19(11-18(17)23-16-4-3-5-16)26-14(2)22(27)25-24-21(26)12-28-20/h6-11,14,16,23H,3-5,12H2,1-2H3,(H,25,27)/t14-/m1/s1. The van der Waals surface area contributed by atoms with Gasteiger partial charge in [0.15, 0.2) is 5.84 Å². The normalized spacial score (nSPS) is 20.9. The summed E-state index contributed by atoms with van der Waals surface area (Å²) < 4.78 is 6.01. The highest BCUT2D eigenvalue weighted by Crippen LogP contribution is 2.43. The molecule has 1 amide bonds. The Labute approximate surface area is 164 Å². The van der Waals surface area contributed by atoms with E-state index in [4.69, 9.17) is 4.74 Å². The van der Waals surface area contributed by atoms with Crippen molar-refractivity contribution in [2.24, 2.45) is 5.10 Å². The van der Waals surface area contributed by atoms with Gasteiger partial charge >= 0.3 is 0 Å². The van der Waals surface area contributed by atoms with Gasteiger partial charge in [0.1, 0.15) is 18.4 Å². The van der Waals surface area contributed by atoms with Gasteiger partial charge < -0.3 is 15.0 Å². The van der Waals surface area contributed by atoms with Gasteiger partial charge in [-0.15, -0.1) is 0 Å². The van der Waals surface area contributed by atoms with Crippen molar-refractivity contribution in [2.45, 2.75) is 45.2 Å². The Hall–Kier alpha value is -3.02. The van der Waals surface area contributed by atoms with E-state index in [9.17, 15) is 4.79 Å². The fourth-order valence-electron chi connectivity index (χ4n) is 3.94. The maximum atomic E-state index is 12.2. The molecule has 6 nitrogen and oxygen atoms in total. The number of hydrogen-bond acceptors (Lipinski definition) is 5. The Kier molecular flexibility index (Phi) is 4.00. The third kappa shape index (κ3) is 2.80. The Balaban J connectivity index is 1.63. The van der Waals surface area contributed by atoms with E-state index in [1.807, 2.05) is 11.8 Å².